The quantitative estimate of drug-likeness (QED) is 0.400. The first-order chi connectivity index (χ1) is 2.89. The standard InChI is InChI=1S/CH3AsN4/c2-6-1-3-4-5-6/h1H,2H2. The van der Waals surface area contributed by atoms with Gasteiger partial charge in [-0.3, -0.25) is 0 Å². The molecule has 4 nitrogen and oxygen atoms in total. The maximum absolute atomic E-state index is 3.50. The van der Waals surface area contributed by atoms with Gasteiger partial charge in [-0.1, -0.05) is 0 Å². The predicted octanol–water partition coefficient (Wildman–Crippen LogP) is -1.93. The van der Waals surface area contributed by atoms with Crippen molar-refractivity contribution in [1.29, 1.82) is 0 Å². The molecule has 0 saturated heterocycles. The van der Waals surface area contributed by atoms with Gasteiger partial charge in [0.25, 0.3) is 0 Å². The van der Waals surface area contributed by atoms with Crippen LogP contribution in [-0.2, 0) is 0 Å². The van der Waals surface area contributed by atoms with Crippen molar-refractivity contribution >= 4 is 17.1 Å². The van der Waals surface area contributed by atoms with Gasteiger partial charge >= 0.3 is 42.5 Å². The molecule has 0 amide bonds. The van der Waals surface area contributed by atoms with E-state index in [-0.39, 0.29) is 0 Å². The minimum atomic E-state index is 1.36. The van der Waals surface area contributed by atoms with Crippen molar-refractivity contribution in [3.63, 3.8) is 0 Å². The molecule has 0 aliphatic heterocycles. The average Bonchev–Trinajstić information content (AvgIpc) is 1.86. The second-order valence-corrected chi connectivity index (χ2v) is 1.90. The van der Waals surface area contributed by atoms with Crippen molar-refractivity contribution in [3.05, 3.63) is 6.33 Å². The molecule has 1 aromatic rings. The van der Waals surface area contributed by atoms with Gasteiger partial charge in [-0.15, -0.1) is 0 Å². The van der Waals surface area contributed by atoms with Crippen molar-refractivity contribution in [2.24, 2.45) is 0 Å². The van der Waals surface area contributed by atoms with E-state index in [2.05, 4.69) is 15.5 Å². The fourth-order valence-electron chi connectivity index (χ4n) is 0.168. The zero-order chi connectivity index (χ0) is 4.41. The summed E-state index contributed by atoms with van der Waals surface area (Å²) in [5, 5.41) is 10.2. The number of aromatic nitrogens is 4. The monoisotopic (exact) mass is 146 g/mol. The maximum atomic E-state index is 3.50. The minimum absolute atomic E-state index is 1.36. The molecule has 0 fully saturated rings. The van der Waals surface area contributed by atoms with Crippen molar-refractivity contribution < 1.29 is 0 Å². The van der Waals surface area contributed by atoms with Crippen LogP contribution in [0.2, 0.25) is 0 Å². The van der Waals surface area contributed by atoms with Crippen LogP contribution in [0.25, 0.3) is 0 Å². The Morgan fingerprint density at radius 3 is 2.67 bits per heavy atom. The zero-order valence-electron chi connectivity index (χ0n) is 2.94. The zero-order valence-corrected chi connectivity index (χ0v) is 5.37. The van der Waals surface area contributed by atoms with Crippen LogP contribution < -0.4 is 0 Å². The summed E-state index contributed by atoms with van der Waals surface area (Å²) in [7, 11) is 0. The first-order valence-corrected chi connectivity index (χ1v) is 2.46. The molecule has 0 aromatic carbocycles. The van der Waals surface area contributed by atoms with Crippen LogP contribution >= 0.6 is 0 Å². The summed E-state index contributed by atoms with van der Waals surface area (Å²) < 4.78 is 1.59. The Bertz CT molecular complexity index is 111. The third kappa shape index (κ3) is 0.571. The van der Waals surface area contributed by atoms with E-state index >= 15 is 0 Å². The summed E-state index contributed by atoms with van der Waals surface area (Å²) in [6, 6.07) is 0. The summed E-state index contributed by atoms with van der Waals surface area (Å²) >= 11 is 1.36. The Labute approximate surface area is 43.3 Å². The molecule has 0 bridgehead atoms. The van der Waals surface area contributed by atoms with Crippen molar-refractivity contribution in [2.45, 2.75) is 0 Å². The summed E-state index contributed by atoms with van der Waals surface area (Å²) in [5.74, 6) is 0. The molecule has 0 saturated carbocycles. The Morgan fingerprint density at radius 2 is 2.50 bits per heavy atom. The molecule has 1 atom stereocenters. The van der Waals surface area contributed by atoms with Gasteiger partial charge in [0.2, 0.25) is 0 Å². The molecule has 1 unspecified atom stereocenters. The Balaban J connectivity index is 3.05. The molecular weight excluding hydrogens is 143 g/mol. The topological polar surface area (TPSA) is 43.6 Å². The second kappa shape index (κ2) is 1.39. The van der Waals surface area contributed by atoms with E-state index in [1.165, 1.54) is 17.1 Å². The van der Waals surface area contributed by atoms with Gasteiger partial charge in [0.05, 0.1) is 0 Å². The van der Waals surface area contributed by atoms with Crippen LogP contribution in [0.5, 0.6) is 0 Å². The van der Waals surface area contributed by atoms with Crippen LogP contribution in [0.3, 0.4) is 0 Å². The van der Waals surface area contributed by atoms with E-state index in [1.54, 1.807) is 9.93 Å². The fraction of sp³-hybridized carbons (Fsp3) is 0. The molecule has 0 aliphatic carbocycles. The van der Waals surface area contributed by atoms with Crippen LogP contribution in [0, 0.1) is 0 Å². The van der Waals surface area contributed by atoms with Crippen LogP contribution in [-0.4, -0.2) is 36.2 Å². The number of hydrogen-bond acceptors (Lipinski definition) is 3. The van der Waals surface area contributed by atoms with E-state index in [4.69, 9.17) is 0 Å². The third-order valence-electron chi connectivity index (χ3n) is 0.365. The van der Waals surface area contributed by atoms with Gasteiger partial charge in [-0.25, -0.2) is 0 Å². The Kier molecular flexibility index (Phi) is 0.880. The van der Waals surface area contributed by atoms with Crippen molar-refractivity contribution in [3.8, 4) is 0 Å². The van der Waals surface area contributed by atoms with Crippen molar-refractivity contribution in [1.82, 2.24) is 19.1 Å². The van der Waals surface area contributed by atoms with Gasteiger partial charge in [-0.05, 0) is 0 Å². The fourth-order valence-corrected chi connectivity index (χ4v) is 0.390. The molecule has 0 radical (unpaired) electrons. The molecule has 0 N–H and O–H groups in total. The summed E-state index contributed by atoms with van der Waals surface area (Å²) in [5.41, 5.74) is 0. The first kappa shape index (κ1) is 3.81. The number of rotatable bonds is 0. The number of nitrogens with zero attached hydrogens (tertiary/aromatic N) is 4. The first-order valence-electron chi connectivity index (χ1n) is 1.37. The number of hydrogen-bond donors (Lipinski definition) is 0. The van der Waals surface area contributed by atoms with Gasteiger partial charge < -0.3 is 0 Å². The molecule has 1 aromatic heterocycles. The van der Waals surface area contributed by atoms with Crippen LogP contribution in [0.4, 0.5) is 0 Å². The predicted molar refractivity (Wildman–Crippen MR) is 21.8 cm³/mol. The molecule has 1 heterocycles. The second-order valence-electron chi connectivity index (χ2n) is 0.790. The molecule has 0 spiro atoms. The number of tetrazole rings is 1. The van der Waals surface area contributed by atoms with Gasteiger partial charge in [0.15, 0.2) is 0 Å². The summed E-state index contributed by atoms with van der Waals surface area (Å²) in [6.07, 6.45) is 1.56. The molecule has 1 rings (SSSR count). The molecule has 6 heavy (non-hydrogen) atoms. The Hall–Kier alpha value is -0.372. The SMILES string of the molecule is [AsH2]n1cnnn1. The molecular formula is CH3AsN4. The van der Waals surface area contributed by atoms with Gasteiger partial charge in [0, 0.05) is 0 Å². The van der Waals surface area contributed by atoms with E-state index in [0.717, 1.165) is 0 Å². The van der Waals surface area contributed by atoms with Gasteiger partial charge in [0.1, 0.15) is 0 Å². The third-order valence-corrected chi connectivity index (χ3v) is 0.861. The summed E-state index contributed by atoms with van der Waals surface area (Å²) in [4.78, 5) is 0. The van der Waals surface area contributed by atoms with Crippen LogP contribution in [0.15, 0.2) is 6.33 Å². The summed E-state index contributed by atoms with van der Waals surface area (Å²) in [6.45, 7) is 0. The van der Waals surface area contributed by atoms with Gasteiger partial charge in [-0.2, -0.15) is 0 Å². The molecule has 32 valence electrons. The Morgan fingerprint density at radius 1 is 1.67 bits per heavy atom. The van der Waals surface area contributed by atoms with E-state index < -0.39 is 0 Å². The normalized spacial score (nSPS) is 8.83. The van der Waals surface area contributed by atoms with E-state index in [1.807, 2.05) is 0 Å². The average molecular weight is 146 g/mol. The van der Waals surface area contributed by atoms with E-state index in [9.17, 15) is 0 Å². The van der Waals surface area contributed by atoms with E-state index in [0.29, 0.717) is 0 Å². The van der Waals surface area contributed by atoms with Crippen molar-refractivity contribution in [2.75, 3.05) is 0 Å². The molecule has 0 aliphatic rings. The van der Waals surface area contributed by atoms with Crippen LogP contribution in [0.1, 0.15) is 0 Å². The molecule has 5 heteroatoms.